The lowest BCUT2D eigenvalue weighted by Gasteiger charge is -2.14. The molecule has 0 unspecified atom stereocenters. The van der Waals surface area contributed by atoms with Crippen molar-refractivity contribution in [3.63, 3.8) is 0 Å². The molecule has 0 fully saturated rings. The lowest BCUT2D eigenvalue weighted by Crippen LogP contribution is -2.14. The maximum atomic E-state index is 13.2. The molecule has 7 nitrogen and oxygen atoms in total. The highest BCUT2D eigenvalue weighted by Crippen LogP contribution is 2.38. The molecule has 166 valence electrons. The van der Waals surface area contributed by atoms with Crippen molar-refractivity contribution in [1.29, 1.82) is 0 Å². The van der Waals surface area contributed by atoms with Gasteiger partial charge in [0.25, 0.3) is 0 Å². The van der Waals surface area contributed by atoms with Gasteiger partial charge in [0.1, 0.15) is 5.82 Å². The van der Waals surface area contributed by atoms with Gasteiger partial charge in [-0.3, -0.25) is 0 Å². The highest BCUT2D eigenvalue weighted by Gasteiger charge is 2.32. The number of alkyl halides is 3. The van der Waals surface area contributed by atoms with Gasteiger partial charge in [0.2, 0.25) is 5.95 Å². The second kappa shape index (κ2) is 8.67. The van der Waals surface area contributed by atoms with Crippen molar-refractivity contribution in [2.45, 2.75) is 19.5 Å². The molecule has 0 radical (unpaired) electrons. The third kappa shape index (κ3) is 4.63. The summed E-state index contributed by atoms with van der Waals surface area (Å²) in [5.74, 6) is 1.00. The molecule has 3 heterocycles. The zero-order chi connectivity index (χ0) is 22.9. The molecule has 1 aliphatic rings. The maximum Gasteiger partial charge on any atom is 0.416 e. The largest absolute Gasteiger partial charge is 0.416 e. The van der Waals surface area contributed by atoms with Crippen LogP contribution in [0.5, 0.6) is 0 Å². The van der Waals surface area contributed by atoms with Crippen molar-refractivity contribution in [1.82, 2.24) is 15.0 Å². The summed E-state index contributed by atoms with van der Waals surface area (Å²) >= 11 is 5.29. The summed E-state index contributed by atoms with van der Waals surface area (Å²) in [4.78, 5) is 13.8. The van der Waals surface area contributed by atoms with Gasteiger partial charge in [0.05, 0.1) is 27.6 Å². The van der Waals surface area contributed by atoms with Gasteiger partial charge in [0.15, 0.2) is 0 Å². The van der Waals surface area contributed by atoms with E-state index in [1.807, 2.05) is 19.1 Å². The van der Waals surface area contributed by atoms with Gasteiger partial charge >= 0.3 is 6.18 Å². The Balaban J connectivity index is 1.69. The van der Waals surface area contributed by atoms with E-state index in [0.717, 1.165) is 23.4 Å². The van der Waals surface area contributed by atoms with Gasteiger partial charge in [-0.2, -0.15) is 13.2 Å². The number of halogens is 3. The molecule has 0 amide bonds. The number of nitrogens with two attached hydrogens (primary N) is 1. The predicted octanol–water partition coefficient (Wildman–Crippen LogP) is 4.28. The fraction of sp³-hybridized carbons (Fsp3) is 0.238. The van der Waals surface area contributed by atoms with Crippen molar-refractivity contribution >= 4 is 40.3 Å². The number of nitrogens with one attached hydrogen (secondary N) is 3. The Kier molecular flexibility index (Phi) is 5.94. The minimum atomic E-state index is -4.46. The van der Waals surface area contributed by atoms with Crippen LogP contribution in [0.1, 0.15) is 16.8 Å². The topological polar surface area (TPSA) is 101 Å². The first kappa shape index (κ1) is 21.9. The summed E-state index contributed by atoms with van der Waals surface area (Å²) in [6, 6.07) is 7.14. The zero-order valence-electron chi connectivity index (χ0n) is 17.0. The van der Waals surface area contributed by atoms with Gasteiger partial charge in [-0.05, 0) is 31.2 Å². The quantitative estimate of drug-likeness (QED) is 0.420. The first-order valence-corrected chi connectivity index (χ1v) is 10.2. The summed E-state index contributed by atoms with van der Waals surface area (Å²) in [7, 11) is 0. The van der Waals surface area contributed by atoms with Gasteiger partial charge in [-0.1, -0.05) is 18.3 Å². The van der Waals surface area contributed by atoms with Crippen LogP contribution in [-0.2, 0) is 12.6 Å². The molecule has 1 aliphatic heterocycles. The molecule has 0 atom stereocenters. The fourth-order valence-corrected chi connectivity index (χ4v) is 3.61. The first-order chi connectivity index (χ1) is 15.2. The smallest absolute Gasteiger partial charge is 0.369 e. The number of anilines is 4. The Labute approximate surface area is 187 Å². The fourth-order valence-electron chi connectivity index (χ4n) is 3.34. The molecule has 3 aromatic rings. The van der Waals surface area contributed by atoms with E-state index in [4.69, 9.17) is 18.0 Å². The molecular formula is C21H20F3N7S. The molecule has 11 heteroatoms. The van der Waals surface area contributed by atoms with Gasteiger partial charge in [-0.15, -0.1) is 0 Å². The molecule has 4 rings (SSSR count). The SMILES string of the molecule is Cc1nc(NCCN)ccc1Nc1ncc2c(n1)-c1ccc(C(F)(F)F)cc1NC(=S)C2. The molecule has 0 aliphatic carbocycles. The molecule has 0 saturated heterocycles. The van der Waals surface area contributed by atoms with Crippen LogP contribution < -0.4 is 21.7 Å². The molecule has 1 aromatic carbocycles. The van der Waals surface area contributed by atoms with Crippen LogP contribution >= 0.6 is 12.2 Å². The van der Waals surface area contributed by atoms with Crippen LogP contribution in [-0.4, -0.2) is 33.0 Å². The van der Waals surface area contributed by atoms with Crippen molar-refractivity contribution < 1.29 is 13.2 Å². The average molecular weight is 460 g/mol. The Morgan fingerprint density at radius 2 is 2.00 bits per heavy atom. The van der Waals surface area contributed by atoms with E-state index in [9.17, 15) is 13.2 Å². The Morgan fingerprint density at radius 3 is 2.72 bits per heavy atom. The Bertz CT molecular complexity index is 1180. The third-order valence-electron chi connectivity index (χ3n) is 4.87. The first-order valence-electron chi connectivity index (χ1n) is 9.80. The van der Waals surface area contributed by atoms with Crippen molar-refractivity contribution in [3.8, 4) is 11.3 Å². The van der Waals surface area contributed by atoms with Gasteiger partial charge in [0, 0.05) is 42.5 Å². The van der Waals surface area contributed by atoms with Crippen LogP contribution in [0.15, 0.2) is 36.5 Å². The highest BCUT2D eigenvalue weighted by atomic mass is 32.1. The minimum Gasteiger partial charge on any atom is -0.369 e. The zero-order valence-corrected chi connectivity index (χ0v) is 17.9. The number of rotatable bonds is 5. The number of fused-ring (bicyclic) bond motifs is 3. The number of benzene rings is 1. The monoisotopic (exact) mass is 459 g/mol. The van der Waals surface area contributed by atoms with E-state index in [1.54, 1.807) is 6.20 Å². The molecule has 0 bridgehead atoms. The number of thiocarbonyl (C=S) groups is 1. The summed E-state index contributed by atoms with van der Waals surface area (Å²) < 4.78 is 39.5. The minimum absolute atomic E-state index is 0.265. The number of aromatic nitrogens is 3. The molecule has 0 spiro atoms. The van der Waals surface area contributed by atoms with Crippen LogP contribution in [0.4, 0.5) is 36.3 Å². The van der Waals surface area contributed by atoms with E-state index in [0.29, 0.717) is 53.2 Å². The van der Waals surface area contributed by atoms with Crippen molar-refractivity contribution in [2.24, 2.45) is 5.73 Å². The van der Waals surface area contributed by atoms with Crippen LogP contribution in [0, 0.1) is 6.92 Å². The summed E-state index contributed by atoms with van der Waals surface area (Å²) in [6.45, 7) is 2.95. The lowest BCUT2D eigenvalue weighted by atomic mass is 10.0. The van der Waals surface area contributed by atoms with Gasteiger partial charge in [-0.25, -0.2) is 15.0 Å². The summed E-state index contributed by atoms with van der Waals surface area (Å²) in [5.41, 5.74) is 8.20. The molecule has 2 aromatic heterocycles. The molecule has 0 saturated carbocycles. The number of hydrogen-bond donors (Lipinski definition) is 4. The number of aryl methyl sites for hydroxylation is 1. The van der Waals surface area contributed by atoms with E-state index in [-0.39, 0.29) is 5.69 Å². The third-order valence-corrected chi connectivity index (χ3v) is 5.12. The van der Waals surface area contributed by atoms with Crippen LogP contribution in [0.3, 0.4) is 0 Å². The highest BCUT2D eigenvalue weighted by molar-refractivity contribution is 7.80. The summed E-state index contributed by atoms with van der Waals surface area (Å²) in [5, 5.41) is 9.14. The van der Waals surface area contributed by atoms with Crippen molar-refractivity contribution in [2.75, 3.05) is 29.0 Å². The van der Waals surface area contributed by atoms with E-state index < -0.39 is 11.7 Å². The molecule has 5 N–H and O–H groups in total. The molecule has 32 heavy (non-hydrogen) atoms. The number of nitrogens with zero attached hydrogens (tertiary/aromatic N) is 3. The number of hydrogen-bond acceptors (Lipinski definition) is 7. The van der Waals surface area contributed by atoms with Crippen molar-refractivity contribution in [3.05, 3.63) is 53.3 Å². The Morgan fingerprint density at radius 1 is 1.19 bits per heavy atom. The maximum absolute atomic E-state index is 13.2. The molecular weight excluding hydrogens is 439 g/mol. The Hall–Kier alpha value is -3.31. The summed E-state index contributed by atoms with van der Waals surface area (Å²) in [6.07, 6.45) is -2.50. The predicted molar refractivity (Wildman–Crippen MR) is 122 cm³/mol. The van der Waals surface area contributed by atoms with E-state index in [2.05, 4.69) is 30.9 Å². The van der Waals surface area contributed by atoms with Gasteiger partial charge < -0.3 is 21.7 Å². The normalized spacial score (nSPS) is 13.0. The lowest BCUT2D eigenvalue weighted by molar-refractivity contribution is -0.137. The van der Waals surface area contributed by atoms with E-state index in [1.165, 1.54) is 6.07 Å². The average Bonchev–Trinajstić information content (AvgIpc) is 2.88. The standard InChI is InChI=1S/C21H20F3N7S/c1-11-15(4-5-17(28-11)26-7-6-25)30-20-27-10-12-8-18(32)29-16-9-13(21(22,23)24)2-3-14(16)19(12)31-20/h2-5,9-10H,6-8,25H2,1H3,(H,26,28)(H,29,32)(H,27,30,31). The van der Waals surface area contributed by atoms with E-state index >= 15 is 0 Å². The second-order valence-electron chi connectivity index (χ2n) is 7.22. The van der Waals surface area contributed by atoms with Crippen LogP contribution in [0.25, 0.3) is 11.3 Å². The number of pyridine rings is 1. The van der Waals surface area contributed by atoms with Crippen LogP contribution in [0.2, 0.25) is 0 Å². The second-order valence-corrected chi connectivity index (χ2v) is 7.71.